The van der Waals surface area contributed by atoms with Gasteiger partial charge < -0.3 is 4.74 Å². The summed E-state index contributed by atoms with van der Waals surface area (Å²) in [6.07, 6.45) is 0. The number of nitrogens with zero attached hydrogens (tertiary/aromatic N) is 2. The van der Waals surface area contributed by atoms with Gasteiger partial charge in [0, 0.05) is 0 Å². The third-order valence-corrected chi connectivity index (χ3v) is 2.62. The van der Waals surface area contributed by atoms with Gasteiger partial charge in [0.1, 0.15) is 0 Å². The number of nitro groups is 1. The fourth-order valence-corrected chi connectivity index (χ4v) is 1.57. The van der Waals surface area contributed by atoms with Crippen LogP contribution >= 0.6 is 0 Å². The first-order valence-electron chi connectivity index (χ1n) is 3.74. The highest BCUT2D eigenvalue weighted by molar-refractivity contribution is 7.03. The van der Waals surface area contributed by atoms with E-state index in [1.54, 1.807) is 6.92 Å². The highest BCUT2D eigenvalue weighted by Crippen LogP contribution is 2.05. The largest absolute Gasteiger partial charge is 0.481 e. The van der Waals surface area contributed by atoms with Crippen LogP contribution in [0.1, 0.15) is 6.92 Å². The third kappa shape index (κ3) is 4.07. The van der Waals surface area contributed by atoms with Gasteiger partial charge in [-0.15, -0.1) is 0 Å². The summed E-state index contributed by atoms with van der Waals surface area (Å²) in [6, 6.07) is 0. The molecule has 5 nitrogen and oxygen atoms in total. The van der Waals surface area contributed by atoms with E-state index in [9.17, 15) is 10.1 Å². The molecule has 0 bridgehead atoms. The molecule has 0 aromatic heterocycles. The first-order valence-corrected chi connectivity index (χ1v) is 7.24. The Morgan fingerprint density at radius 2 is 2.08 bits per heavy atom. The average molecular weight is 190 g/mol. The van der Waals surface area contributed by atoms with Crippen molar-refractivity contribution < 1.29 is 9.77 Å². The van der Waals surface area contributed by atoms with Crippen LogP contribution in [0.15, 0.2) is 5.10 Å². The van der Waals surface area contributed by atoms with E-state index in [1.807, 2.05) is 19.6 Å². The topological polar surface area (TPSA) is 64.7 Å². The molecule has 0 atom stereocenters. The molecular formula is C6H14N2O3Si. The van der Waals surface area contributed by atoms with Crippen molar-refractivity contribution in [3.05, 3.63) is 10.1 Å². The Balaban J connectivity index is 4.55. The summed E-state index contributed by atoms with van der Waals surface area (Å²) in [5.41, 5.74) is 0.301. The second-order valence-corrected chi connectivity index (χ2v) is 8.25. The quantitative estimate of drug-likeness (QED) is 0.223. The van der Waals surface area contributed by atoms with Crippen LogP contribution < -0.4 is 0 Å². The van der Waals surface area contributed by atoms with Gasteiger partial charge in [-0.3, -0.25) is 0 Å². The molecule has 0 rings (SSSR count). The lowest BCUT2D eigenvalue weighted by molar-refractivity contribution is -0.485. The molecule has 0 N–H and O–H groups in total. The van der Waals surface area contributed by atoms with Crippen molar-refractivity contribution in [2.24, 2.45) is 5.10 Å². The molecule has 0 spiro atoms. The van der Waals surface area contributed by atoms with Crippen molar-refractivity contribution in [2.75, 3.05) is 6.61 Å². The molecule has 70 valence electrons. The van der Waals surface area contributed by atoms with Gasteiger partial charge >= 0.3 is 0 Å². The molecular weight excluding hydrogens is 176 g/mol. The number of ether oxygens (including phenoxy) is 1. The van der Waals surface area contributed by atoms with Crippen LogP contribution in [0.2, 0.25) is 19.6 Å². The zero-order valence-electron chi connectivity index (χ0n) is 7.83. The van der Waals surface area contributed by atoms with Crippen LogP contribution in [0.5, 0.6) is 0 Å². The summed E-state index contributed by atoms with van der Waals surface area (Å²) in [6.45, 7) is 8.06. The van der Waals surface area contributed by atoms with Crippen molar-refractivity contribution >= 4 is 13.6 Å². The van der Waals surface area contributed by atoms with E-state index in [1.165, 1.54) is 0 Å². The van der Waals surface area contributed by atoms with Crippen LogP contribution in [0.4, 0.5) is 0 Å². The van der Waals surface area contributed by atoms with E-state index in [2.05, 4.69) is 5.10 Å². The van der Waals surface area contributed by atoms with Gasteiger partial charge in [-0.25, -0.2) is 10.1 Å². The smallest absolute Gasteiger partial charge is 0.230 e. The van der Waals surface area contributed by atoms with E-state index in [0.29, 0.717) is 12.1 Å². The number of hydrazone groups is 1. The summed E-state index contributed by atoms with van der Waals surface area (Å²) < 4.78 is 5.09. The molecule has 0 aliphatic rings. The lowest BCUT2D eigenvalue weighted by Crippen LogP contribution is -2.36. The Kier molecular flexibility index (Phi) is 3.88. The minimum absolute atomic E-state index is 0.301. The van der Waals surface area contributed by atoms with E-state index >= 15 is 0 Å². The Labute approximate surface area is 72.6 Å². The number of hydrogen-bond donors (Lipinski definition) is 0. The third-order valence-electron chi connectivity index (χ3n) is 1.10. The molecule has 0 fully saturated rings. The predicted molar refractivity (Wildman–Crippen MR) is 49.4 cm³/mol. The second kappa shape index (κ2) is 4.20. The fraction of sp³-hybridized carbons (Fsp3) is 0.833. The normalized spacial score (nSPS) is 12.8. The fourth-order valence-electron chi connectivity index (χ4n) is 0.606. The van der Waals surface area contributed by atoms with Crippen molar-refractivity contribution in [3.8, 4) is 0 Å². The van der Waals surface area contributed by atoms with Gasteiger partial charge in [0.2, 0.25) is 5.52 Å². The van der Waals surface area contributed by atoms with Gasteiger partial charge in [-0.05, 0) is 6.92 Å². The molecule has 0 heterocycles. The first kappa shape index (κ1) is 11.1. The van der Waals surface area contributed by atoms with Crippen molar-refractivity contribution in [1.29, 1.82) is 0 Å². The van der Waals surface area contributed by atoms with E-state index in [4.69, 9.17) is 4.74 Å². The Bertz CT molecular complexity index is 197. The monoisotopic (exact) mass is 190 g/mol. The van der Waals surface area contributed by atoms with E-state index in [-0.39, 0.29) is 0 Å². The summed E-state index contributed by atoms with van der Waals surface area (Å²) >= 11 is 0. The summed E-state index contributed by atoms with van der Waals surface area (Å²) in [7, 11) is -1.78. The molecule has 0 radical (unpaired) electrons. The van der Waals surface area contributed by atoms with Crippen LogP contribution in [-0.2, 0) is 4.74 Å². The molecule has 0 amide bonds. The zero-order chi connectivity index (χ0) is 9.78. The van der Waals surface area contributed by atoms with Crippen LogP contribution in [0.25, 0.3) is 0 Å². The maximum Gasteiger partial charge on any atom is 0.230 e. The van der Waals surface area contributed by atoms with Gasteiger partial charge in [0.25, 0.3) is 0 Å². The van der Waals surface area contributed by atoms with Crippen molar-refractivity contribution in [1.82, 2.24) is 0 Å². The summed E-state index contributed by atoms with van der Waals surface area (Å²) in [4.78, 5) is 10.1. The standard InChI is InChI=1S/C6H14N2O3Si/c1-5-11-6(7-8(9)10)12(2,3)4/h5H2,1-4H3. The Morgan fingerprint density at radius 1 is 1.58 bits per heavy atom. The summed E-state index contributed by atoms with van der Waals surface area (Å²) in [5, 5.41) is 12.6. The van der Waals surface area contributed by atoms with E-state index < -0.39 is 13.1 Å². The number of rotatable bonds is 3. The van der Waals surface area contributed by atoms with Crippen molar-refractivity contribution in [3.63, 3.8) is 0 Å². The molecule has 0 aliphatic carbocycles. The van der Waals surface area contributed by atoms with E-state index in [0.717, 1.165) is 0 Å². The van der Waals surface area contributed by atoms with Crippen molar-refractivity contribution in [2.45, 2.75) is 26.6 Å². The second-order valence-electron chi connectivity index (χ2n) is 3.33. The highest BCUT2D eigenvalue weighted by atomic mass is 28.3. The predicted octanol–water partition coefficient (Wildman–Crippen LogP) is 1.49. The molecule has 0 aromatic rings. The first-order chi connectivity index (χ1) is 5.38. The Morgan fingerprint density at radius 3 is 2.33 bits per heavy atom. The van der Waals surface area contributed by atoms with Crippen LogP contribution in [0.3, 0.4) is 0 Å². The minimum atomic E-state index is -1.78. The van der Waals surface area contributed by atoms with Crippen LogP contribution in [-0.4, -0.2) is 25.2 Å². The highest BCUT2D eigenvalue weighted by Gasteiger charge is 2.26. The van der Waals surface area contributed by atoms with Gasteiger partial charge in [0.05, 0.1) is 11.7 Å². The molecule has 0 saturated heterocycles. The summed E-state index contributed by atoms with van der Waals surface area (Å²) in [5.74, 6) is 0. The van der Waals surface area contributed by atoms with Gasteiger partial charge in [-0.2, -0.15) is 0 Å². The van der Waals surface area contributed by atoms with Gasteiger partial charge in [-0.1, -0.05) is 19.6 Å². The maximum atomic E-state index is 10.1. The number of hydrogen-bond acceptors (Lipinski definition) is 3. The lowest BCUT2D eigenvalue weighted by Gasteiger charge is -2.15. The average Bonchev–Trinajstić information content (AvgIpc) is 1.83. The molecule has 6 heteroatoms. The molecule has 12 heavy (non-hydrogen) atoms. The minimum Gasteiger partial charge on any atom is -0.481 e. The maximum absolute atomic E-state index is 10.1. The zero-order valence-corrected chi connectivity index (χ0v) is 8.83. The van der Waals surface area contributed by atoms with Gasteiger partial charge in [0.15, 0.2) is 13.1 Å². The SMILES string of the molecule is CCOC(=N[N+](=O)[O-])[Si](C)(C)C. The molecule has 0 saturated carbocycles. The molecule has 0 aromatic carbocycles. The van der Waals surface area contributed by atoms with Crippen LogP contribution in [0, 0.1) is 10.1 Å². The Hall–Kier alpha value is -0.913. The lowest BCUT2D eigenvalue weighted by atomic mass is 10.9. The molecule has 0 unspecified atom stereocenters. The molecule has 0 aliphatic heterocycles.